The quantitative estimate of drug-likeness (QED) is 0.486. The van der Waals surface area contributed by atoms with Crippen molar-refractivity contribution in [3.63, 3.8) is 0 Å². The second kappa shape index (κ2) is 9.30. The third kappa shape index (κ3) is 5.29. The normalized spacial score (nSPS) is 38.8. The molecule has 3 aliphatic carbocycles. The van der Waals surface area contributed by atoms with E-state index >= 15 is 0 Å². The molecule has 170 valence electrons. The van der Waals surface area contributed by atoms with Crippen LogP contribution in [0.4, 0.5) is 0 Å². The van der Waals surface area contributed by atoms with Crippen LogP contribution in [0.25, 0.3) is 0 Å². The Labute approximate surface area is 184 Å². The zero-order chi connectivity index (χ0) is 22.1. The van der Waals surface area contributed by atoms with Gasteiger partial charge < -0.3 is 15.3 Å². The first-order chi connectivity index (χ1) is 14.0. The van der Waals surface area contributed by atoms with E-state index in [0.29, 0.717) is 35.7 Å². The highest BCUT2D eigenvalue weighted by Gasteiger charge is 2.50. The summed E-state index contributed by atoms with van der Waals surface area (Å²) >= 11 is 0. The molecule has 3 rings (SSSR count). The Bertz CT molecular complexity index is 667. The van der Waals surface area contributed by atoms with Crippen molar-refractivity contribution in [3.8, 4) is 0 Å². The third-order valence-corrected chi connectivity index (χ3v) is 8.47. The smallest absolute Gasteiger partial charge is 0.0809 e. The monoisotopic (exact) mass is 416 g/mol. The average Bonchev–Trinajstić information content (AvgIpc) is 3.00. The summed E-state index contributed by atoms with van der Waals surface area (Å²) in [4.78, 5) is 0. The van der Waals surface area contributed by atoms with Gasteiger partial charge in [-0.15, -0.1) is 0 Å². The lowest BCUT2D eigenvalue weighted by atomic mass is 9.60. The lowest BCUT2D eigenvalue weighted by Crippen LogP contribution is -2.36. The molecule has 6 atom stereocenters. The Morgan fingerprint density at radius 1 is 1.17 bits per heavy atom. The molecule has 0 aromatic carbocycles. The van der Waals surface area contributed by atoms with Gasteiger partial charge in [0.05, 0.1) is 17.8 Å². The molecule has 3 fully saturated rings. The number of rotatable bonds is 6. The van der Waals surface area contributed by atoms with Crippen molar-refractivity contribution in [2.24, 2.45) is 23.2 Å². The van der Waals surface area contributed by atoms with Gasteiger partial charge in [0.1, 0.15) is 0 Å². The Morgan fingerprint density at radius 2 is 1.83 bits per heavy atom. The highest BCUT2D eigenvalue weighted by molar-refractivity contribution is 5.29. The molecule has 3 saturated carbocycles. The standard InChI is InChI=1S/C27H44O3/c1-18(8-6-14-26(3,4)30)22-12-13-23-21(9-7-15-27(22,23)5)11-10-20-16-24(28)19(2)25(29)17-20/h10-11,18,22-25,28-30H,2,6-9,12-17H2,1,3-5H3/b20-10?,21-11+/t18-,22+,23-,24+,25?,27+/m0/s1. The van der Waals surface area contributed by atoms with E-state index in [1.54, 1.807) is 5.57 Å². The highest BCUT2D eigenvalue weighted by Crippen LogP contribution is 2.60. The van der Waals surface area contributed by atoms with E-state index in [9.17, 15) is 15.3 Å². The average molecular weight is 417 g/mol. The van der Waals surface area contributed by atoms with Gasteiger partial charge in [-0.2, -0.15) is 0 Å². The van der Waals surface area contributed by atoms with E-state index in [4.69, 9.17) is 0 Å². The van der Waals surface area contributed by atoms with Crippen LogP contribution in [-0.2, 0) is 0 Å². The fourth-order valence-electron chi connectivity index (χ4n) is 6.70. The van der Waals surface area contributed by atoms with Crippen molar-refractivity contribution >= 4 is 0 Å². The van der Waals surface area contributed by atoms with Gasteiger partial charge in [0.25, 0.3) is 0 Å². The molecule has 30 heavy (non-hydrogen) atoms. The molecular weight excluding hydrogens is 372 g/mol. The SMILES string of the molecule is C=C1C(O)CC(=C/C=C2\CCC[C@]3(C)[C@@H]([C@@H](C)CCCC(C)(C)O)CC[C@@H]23)C[C@H]1O. The maximum Gasteiger partial charge on any atom is 0.0809 e. The molecule has 0 heterocycles. The summed E-state index contributed by atoms with van der Waals surface area (Å²) in [5.74, 6) is 2.13. The zero-order valence-electron chi connectivity index (χ0n) is 19.7. The minimum atomic E-state index is -0.615. The molecule has 0 bridgehead atoms. The second-order valence-corrected chi connectivity index (χ2v) is 11.4. The number of aliphatic hydroxyl groups excluding tert-OH is 2. The van der Waals surface area contributed by atoms with Crippen molar-refractivity contribution in [2.75, 3.05) is 0 Å². The lowest BCUT2D eigenvalue weighted by Gasteiger charge is -2.44. The van der Waals surface area contributed by atoms with Crippen LogP contribution in [0.2, 0.25) is 0 Å². The van der Waals surface area contributed by atoms with Gasteiger partial charge in [-0.3, -0.25) is 0 Å². The van der Waals surface area contributed by atoms with E-state index in [-0.39, 0.29) is 0 Å². The Balaban J connectivity index is 1.67. The van der Waals surface area contributed by atoms with Crippen LogP contribution in [0, 0.1) is 23.2 Å². The first-order valence-electron chi connectivity index (χ1n) is 12.2. The van der Waals surface area contributed by atoms with Gasteiger partial charge in [-0.05, 0) is 94.0 Å². The summed E-state index contributed by atoms with van der Waals surface area (Å²) in [5.41, 5.74) is 3.11. The molecule has 1 unspecified atom stereocenters. The van der Waals surface area contributed by atoms with Crippen LogP contribution >= 0.6 is 0 Å². The molecular formula is C27H44O3. The van der Waals surface area contributed by atoms with E-state index in [2.05, 4.69) is 32.6 Å². The van der Waals surface area contributed by atoms with E-state index in [1.165, 1.54) is 38.5 Å². The maximum absolute atomic E-state index is 10.1. The molecule has 0 amide bonds. The highest BCUT2D eigenvalue weighted by atomic mass is 16.3. The Kier molecular flexibility index (Phi) is 7.37. The van der Waals surface area contributed by atoms with E-state index in [0.717, 1.165) is 24.3 Å². The Hall–Kier alpha value is -0.900. The van der Waals surface area contributed by atoms with Gasteiger partial charge in [0, 0.05) is 0 Å². The fraction of sp³-hybridized carbons (Fsp3) is 0.778. The number of hydrogen-bond donors (Lipinski definition) is 3. The lowest BCUT2D eigenvalue weighted by molar-refractivity contribution is 0.0596. The van der Waals surface area contributed by atoms with Gasteiger partial charge >= 0.3 is 0 Å². The van der Waals surface area contributed by atoms with Gasteiger partial charge in [-0.25, -0.2) is 0 Å². The molecule has 3 heteroatoms. The number of aliphatic hydroxyl groups is 3. The molecule has 0 aliphatic heterocycles. The minimum Gasteiger partial charge on any atom is -0.390 e. The van der Waals surface area contributed by atoms with Crippen molar-refractivity contribution in [1.82, 2.24) is 0 Å². The van der Waals surface area contributed by atoms with Crippen LogP contribution in [0.5, 0.6) is 0 Å². The van der Waals surface area contributed by atoms with E-state index in [1.807, 2.05) is 13.8 Å². The third-order valence-electron chi connectivity index (χ3n) is 8.47. The van der Waals surface area contributed by atoms with Crippen LogP contribution in [0.3, 0.4) is 0 Å². The molecule has 0 saturated heterocycles. The summed E-state index contributed by atoms with van der Waals surface area (Å²) in [6.07, 6.45) is 14.0. The van der Waals surface area contributed by atoms with Gasteiger partial charge in [-0.1, -0.05) is 56.6 Å². The zero-order valence-corrected chi connectivity index (χ0v) is 19.7. The van der Waals surface area contributed by atoms with Crippen molar-refractivity contribution in [1.29, 1.82) is 0 Å². The summed E-state index contributed by atoms with van der Waals surface area (Å²) in [6.45, 7) is 12.6. The van der Waals surface area contributed by atoms with Gasteiger partial charge in [0.15, 0.2) is 0 Å². The molecule has 3 N–H and O–H groups in total. The van der Waals surface area contributed by atoms with E-state index < -0.39 is 17.8 Å². The van der Waals surface area contributed by atoms with Crippen molar-refractivity contribution in [2.45, 2.75) is 110 Å². The molecule has 0 aromatic rings. The topological polar surface area (TPSA) is 60.7 Å². The number of allylic oxidation sites excluding steroid dienone is 3. The van der Waals surface area contributed by atoms with Crippen molar-refractivity contribution < 1.29 is 15.3 Å². The maximum atomic E-state index is 10.1. The molecule has 3 nitrogen and oxygen atoms in total. The number of hydrogen-bond acceptors (Lipinski definition) is 3. The van der Waals surface area contributed by atoms with Crippen LogP contribution in [-0.4, -0.2) is 33.1 Å². The summed E-state index contributed by atoms with van der Waals surface area (Å²) < 4.78 is 0. The predicted molar refractivity (Wildman–Crippen MR) is 124 cm³/mol. The van der Waals surface area contributed by atoms with Crippen LogP contribution in [0.1, 0.15) is 91.9 Å². The fourth-order valence-corrected chi connectivity index (χ4v) is 6.70. The predicted octanol–water partition coefficient (Wildman–Crippen LogP) is 5.70. The molecule has 0 radical (unpaired) electrons. The summed E-state index contributed by atoms with van der Waals surface area (Å²) in [6, 6.07) is 0. The summed E-state index contributed by atoms with van der Waals surface area (Å²) in [5, 5.41) is 30.3. The summed E-state index contributed by atoms with van der Waals surface area (Å²) in [7, 11) is 0. The minimum absolute atomic E-state index is 0.386. The van der Waals surface area contributed by atoms with Crippen LogP contribution < -0.4 is 0 Å². The van der Waals surface area contributed by atoms with Crippen molar-refractivity contribution in [3.05, 3.63) is 35.5 Å². The second-order valence-electron chi connectivity index (χ2n) is 11.4. The largest absolute Gasteiger partial charge is 0.390 e. The molecule has 3 aliphatic rings. The van der Waals surface area contributed by atoms with Crippen LogP contribution in [0.15, 0.2) is 35.5 Å². The van der Waals surface area contributed by atoms with Gasteiger partial charge in [0.2, 0.25) is 0 Å². The first-order valence-corrected chi connectivity index (χ1v) is 12.2. The Morgan fingerprint density at radius 3 is 2.47 bits per heavy atom. The molecule has 0 spiro atoms. The molecule has 0 aromatic heterocycles. The number of fused-ring (bicyclic) bond motifs is 1. The first kappa shape index (κ1) is 23.8.